The van der Waals surface area contributed by atoms with Crippen molar-refractivity contribution in [3.63, 3.8) is 0 Å². The third-order valence-corrected chi connectivity index (χ3v) is 3.42. The molecule has 1 aromatic rings. The molecular weight excluding hydrogens is 260 g/mol. The molecule has 0 aliphatic carbocycles. The average Bonchev–Trinajstić information content (AvgIpc) is 2.64. The summed E-state index contributed by atoms with van der Waals surface area (Å²) in [5, 5.41) is 2.62. The van der Waals surface area contributed by atoms with E-state index in [1.165, 1.54) is 7.11 Å². The fraction of sp³-hybridized carbons (Fsp3) is 0.357. The summed E-state index contributed by atoms with van der Waals surface area (Å²) in [5.41, 5.74) is 0.577. The van der Waals surface area contributed by atoms with Crippen LogP contribution in [0.15, 0.2) is 24.3 Å². The van der Waals surface area contributed by atoms with Gasteiger partial charge in [-0.05, 0) is 19.4 Å². The number of hydrogen-bond donors (Lipinski definition) is 1. The summed E-state index contributed by atoms with van der Waals surface area (Å²) in [4.78, 5) is 36.4. The van der Waals surface area contributed by atoms with Crippen LogP contribution in [0.3, 0.4) is 0 Å². The molecule has 0 bridgehead atoms. The number of hydrogen-bond acceptors (Lipinski definition) is 4. The second-order valence-electron chi connectivity index (χ2n) is 4.89. The summed E-state index contributed by atoms with van der Waals surface area (Å²) in [6.45, 7) is 3.17. The number of nitrogens with zero attached hydrogens (tertiary/aromatic N) is 1. The highest BCUT2D eigenvalue weighted by atomic mass is 16.5. The van der Waals surface area contributed by atoms with Gasteiger partial charge in [0.1, 0.15) is 12.1 Å². The SMILES string of the molecule is COC(=O)CN1C(=O)N[C@@](C)(c2ccc(C)cc2)C1=O. The molecule has 0 saturated carbocycles. The van der Waals surface area contributed by atoms with Crippen molar-refractivity contribution in [1.82, 2.24) is 10.2 Å². The highest BCUT2D eigenvalue weighted by Crippen LogP contribution is 2.28. The number of methoxy groups -OCH3 is 1. The number of nitrogens with one attached hydrogen (secondary N) is 1. The van der Waals surface area contributed by atoms with E-state index in [9.17, 15) is 14.4 Å². The molecule has 20 heavy (non-hydrogen) atoms. The lowest BCUT2D eigenvalue weighted by atomic mass is 9.91. The van der Waals surface area contributed by atoms with Gasteiger partial charge in [0.15, 0.2) is 0 Å². The lowest BCUT2D eigenvalue weighted by Crippen LogP contribution is -2.41. The zero-order valence-corrected chi connectivity index (χ0v) is 11.6. The van der Waals surface area contributed by atoms with Crippen molar-refractivity contribution < 1.29 is 19.1 Å². The van der Waals surface area contributed by atoms with Crippen LogP contribution in [0.25, 0.3) is 0 Å². The summed E-state index contributed by atoms with van der Waals surface area (Å²) in [6.07, 6.45) is 0. The van der Waals surface area contributed by atoms with Gasteiger partial charge in [0.05, 0.1) is 7.11 Å². The second-order valence-corrected chi connectivity index (χ2v) is 4.89. The molecule has 106 valence electrons. The van der Waals surface area contributed by atoms with Gasteiger partial charge in [-0.1, -0.05) is 29.8 Å². The van der Waals surface area contributed by atoms with Gasteiger partial charge in [-0.15, -0.1) is 0 Å². The topological polar surface area (TPSA) is 75.7 Å². The fourth-order valence-electron chi connectivity index (χ4n) is 2.12. The third kappa shape index (κ3) is 2.24. The molecule has 6 nitrogen and oxygen atoms in total. The predicted molar refractivity (Wildman–Crippen MR) is 70.8 cm³/mol. The van der Waals surface area contributed by atoms with Gasteiger partial charge in [-0.3, -0.25) is 14.5 Å². The molecule has 1 fully saturated rings. The maximum atomic E-state index is 12.4. The van der Waals surface area contributed by atoms with E-state index in [1.807, 2.05) is 19.1 Å². The quantitative estimate of drug-likeness (QED) is 0.658. The van der Waals surface area contributed by atoms with Gasteiger partial charge in [0, 0.05) is 0 Å². The number of carbonyl (C=O) groups is 3. The first-order valence-electron chi connectivity index (χ1n) is 6.16. The zero-order valence-electron chi connectivity index (χ0n) is 11.6. The Morgan fingerprint density at radius 3 is 2.45 bits per heavy atom. The van der Waals surface area contributed by atoms with Crippen molar-refractivity contribution in [3.05, 3.63) is 35.4 Å². The van der Waals surface area contributed by atoms with Gasteiger partial charge in [-0.25, -0.2) is 4.79 Å². The number of esters is 1. The Balaban J connectivity index is 2.30. The van der Waals surface area contributed by atoms with Crippen molar-refractivity contribution in [2.24, 2.45) is 0 Å². The van der Waals surface area contributed by atoms with Crippen LogP contribution in [0.1, 0.15) is 18.1 Å². The molecule has 0 spiro atoms. The first-order chi connectivity index (χ1) is 9.38. The van der Waals surface area contributed by atoms with E-state index in [0.29, 0.717) is 5.56 Å². The van der Waals surface area contributed by atoms with Crippen LogP contribution in [0, 0.1) is 6.92 Å². The molecule has 1 heterocycles. The Kier molecular flexibility index (Phi) is 3.48. The summed E-state index contributed by atoms with van der Waals surface area (Å²) < 4.78 is 4.49. The Morgan fingerprint density at radius 2 is 1.90 bits per heavy atom. The number of amides is 3. The minimum absolute atomic E-state index is 0.386. The van der Waals surface area contributed by atoms with E-state index in [1.54, 1.807) is 19.1 Å². The van der Waals surface area contributed by atoms with Crippen LogP contribution in [-0.2, 0) is 19.9 Å². The van der Waals surface area contributed by atoms with Gasteiger partial charge in [0.2, 0.25) is 0 Å². The van der Waals surface area contributed by atoms with Gasteiger partial charge < -0.3 is 10.1 Å². The number of ether oxygens (including phenoxy) is 1. The number of urea groups is 1. The number of rotatable bonds is 3. The summed E-state index contributed by atoms with van der Waals surface area (Å²) >= 11 is 0. The van der Waals surface area contributed by atoms with Crippen molar-refractivity contribution in [3.8, 4) is 0 Å². The smallest absolute Gasteiger partial charge is 0.325 e. The second kappa shape index (κ2) is 4.96. The third-order valence-electron chi connectivity index (χ3n) is 3.42. The molecule has 1 atom stereocenters. The standard InChI is InChI=1S/C14H16N2O4/c1-9-4-6-10(7-5-9)14(2)12(18)16(13(19)15-14)8-11(17)20-3/h4-7H,8H2,1-3H3,(H,15,19)/t14-/m0/s1. The van der Waals surface area contributed by atoms with Gasteiger partial charge in [-0.2, -0.15) is 0 Å². The lowest BCUT2D eigenvalue weighted by molar-refractivity contribution is -0.145. The Labute approximate surface area is 116 Å². The van der Waals surface area contributed by atoms with Crippen LogP contribution >= 0.6 is 0 Å². The van der Waals surface area contributed by atoms with Crippen LogP contribution in [-0.4, -0.2) is 36.5 Å². The monoisotopic (exact) mass is 276 g/mol. The van der Waals surface area contributed by atoms with Gasteiger partial charge in [0.25, 0.3) is 5.91 Å². The molecule has 1 saturated heterocycles. The maximum Gasteiger partial charge on any atom is 0.325 e. The molecule has 6 heteroatoms. The summed E-state index contributed by atoms with van der Waals surface area (Å²) in [5.74, 6) is -1.10. The van der Waals surface area contributed by atoms with E-state index in [-0.39, 0.29) is 6.54 Å². The molecule has 0 aromatic heterocycles. The van der Waals surface area contributed by atoms with Crippen molar-refractivity contribution in [2.75, 3.05) is 13.7 Å². The summed E-state index contributed by atoms with van der Waals surface area (Å²) in [6, 6.07) is 6.71. The minimum atomic E-state index is -1.15. The van der Waals surface area contributed by atoms with Crippen LogP contribution in [0.2, 0.25) is 0 Å². The molecule has 1 aromatic carbocycles. The first-order valence-corrected chi connectivity index (χ1v) is 6.16. The Morgan fingerprint density at radius 1 is 1.30 bits per heavy atom. The van der Waals surface area contributed by atoms with Crippen molar-refractivity contribution in [1.29, 1.82) is 0 Å². The number of imide groups is 1. The maximum absolute atomic E-state index is 12.4. The molecule has 0 radical (unpaired) electrons. The highest BCUT2D eigenvalue weighted by molar-refractivity contribution is 6.08. The molecular formula is C14H16N2O4. The average molecular weight is 276 g/mol. The van der Waals surface area contributed by atoms with Crippen LogP contribution in [0.5, 0.6) is 0 Å². The Bertz CT molecular complexity index is 567. The van der Waals surface area contributed by atoms with Crippen LogP contribution in [0.4, 0.5) is 4.79 Å². The van der Waals surface area contributed by atoms with Crippen LogP contribution < -0.4 is 5.32 Å². The molecule has 1 aliphatic heterocycles. The molecule has 3 amide bonds. The summed E-state index contributed by atoms with van der Waals surface area (Å²) in [7, 11) is 1.21. The Hall–Kier alpha value is -2.37. The lowest BCUT2D eigenvalue weighted by Gasteiger charge is -2.22. The predicted octanol–water partition coefficient (Wildman–Crippen LogP) is 0.935. The molecule has 2 rings (SSSR count). The van der Waals surface area contributed by atoms with E-state index in [0.717, 1.165) is 10.5 Å². The van der Waals surface area contributed by atoms with Crippen molar-refractivity contribution >= 4 is 17.9 Å². The minimum Gasteiger partial charge on any atom is -0.468 e. The highest BCUT2D eigenvalue weighted by Gasteiger charge is 2.49. The number of aryl methyl sites for hydroxylation is 1. The zero-order chi connectivity index (χ0) is 14.9. The first kappa shape index (κ1) is 14.0. The molecule has 1 aliphatic rings. The number of benzene rings is 1. The van der Waals surface area contributed by atoms with Crippen molar-refractivity contribution in [2.45, 2.75) is 19.4 Å². The molecule has 0 unspecified atom stereocenters. The molecule has 1 N–H and O–H groups in total. The fourth-order valence-corrected chi connectivity index (χ4v) is 2.12. The normalized spacial score (nSPS) is 21.9. The van der Waals surface area contributed by atoms with Gasteiger partial charge >= 0.3 is 12.0 Å². The van der Waals surface area contributed by atoms with E-state index in [4.69, 9.17) is 0 Å². The largest absolute Gasteiger partial charge is 0.468 e. The van der Waals surface area contributed by atoms with E-state index < -0.39 is 23.4 Å². The number of carbonyl (C=O) groups excluding carboxylic acids is 3. The van der Waals surface area contributed by atoms with E-state index >= 15 is 0 Å². The van der Waals surface area contributed by atoms with E-state index in [2.05, 4.69) is 10.1 Å².